The lowest BCUT2D eigenvalue weighted by Gasteiger charge is -2.12. The molecule has 0 saturated carbocycles. The van der Waals surface area contributed by atoms with Crippen LogP contribution in [-0.4, -0.2) is 23.0 Å². The molecule has 3 rings (SSSR count). The van der Waals surface area contributed by atoms with Gasteiger partial charge in [0, 0.05) is 29.2 Å². The van der Waals surface area contributed by atoms with Gasteiger partial charge in [-0.25, -0.2) is 9.97 Å². The SMILES string of the molecule is COc1cc(Cl)c(C)cc1Nc1ncc(C(=O)Nc2ccccc2)cn1. The molecular formula is C19H17ClN4O2. The first-order valence-corrected chi connectivity index (χ1v) is 8.24. The molecule has 0 bridgehead atoms. The molecule has 1 aromatic heterocycles. The summed E-state index contributed by atoms with van der Waals surface area (Å²) < 4.78 is 5.32. The molecule has 0 aliphatic rings. The molecule has 0 unspecified atom stereocenters. The van der Waals surface area contributed by atoms with Gasteiger partial charge in [-0.05, 0) is 30.7 Å². The van der Waals surface area contributed by atoms with Crippen LogP contribution in [0.15, 0.2) is 54.9 Å². The van der Waals surface area contributed by atoms with Gasteiger partial charge in [0.1, 0.15) is 5.75 Å². The van der Waals surface area contributed by atoms with Gasteiger partial charge in [-0.1, -0.05) is 29.8 Å². The summed E-state index contributed by atoms with van der Waals surface area (Å²) >= 11 is 6.11. The number of nitrogens with one attached hydrogen (secondary N) is 2. The quantitative estimate of drug-likeness (QED) is 0.696. The summed E-state index contributed by atoms with van der Waals surface area (Å²) in [6, 6.07) is 12.8. The molecule has 0 aliphatic carbocycles. The van der Waals surface area contributed by atoms with E-state index < -0.39 is 0 Å². The minimum absolute atomic E-state index is 0.275. The van der Waals surface area contributed by atoms with Crippen LogP contribution in [0, 0.1) is 6.92 Å². The molecule has 1 heterocycles. The fourth-order valence-corrected chi connectivity index (χ4v) is 2.44. The molecule has 26 heavy (non-hydrogen) atoms. The Morgan fingerprint density at radius 3 is 2.46 bits per heavy atom. The Morgan fingerprint density at radius 2 is 1.81 bits per heavy atom. The number of carbonyl (C=O) groups is 1. The maximum absolute atomic E-state index is 12.2. The van der Waals surface area contributed by atoms with Crippen molar-refractivity contribution in [1.29, 1.82) is 0 Å². The number of rotatable bonds is 5. The van der Waals surface area contributed by atoms with Crippen molar-refractivity contribution in [3.8, 4) is 5.75 Å². The number of aromatic nitrogens is 2. The van der Waals surface area contributed by atoms with Crippen LogP contribution < -0.4 is 15.4 Å². The largest absolute Gasteiger partial charge is 0.495 e. The molecule has 0 radical (unpaired) electrons. The fraction of sp³-hybridized carbons (Fsp3) is 0.105. The van der Waals surface area contributed by atoms with Crippen LogP contribution in [0.4, 0.5) is 17.3 Å². The smallest absolute Gasteiger partial charge is 0.258 e. The number of carbonyl (C=O) groups excluding carboxylic acids is 1. The van der Waals surface area contributed by atoms with Crippen molar-refractivity contribution in [2.45, 2.75) is 6.92 Å². The first-order chi connectivity index (χ1) is 12.6. The molecule has 2 aromatic carbocycles. The van der Waals surface area contributed by atoms with E-state index in [0.717, 1.165) is 5.56 Å². The lowest BCUT2D eigenvalue weighted by Crippen LogP contribution is -2.13. The zero-order chi connectivity index (χ0) is 18.5. The second-order valence-corrected chi connectivity index (χ2v) is 5.95. The number of anilines is 3. The molecule has 0 atom stereocenters. The molecule has 7 heteroatoms. The van der Waals surface area contributed by atoms with Gasteiger partial charge in [0.25, 0.3) is 5.91 Å². The summed E-state index contributed by atoms with van der Waals surface area (Å²) in [4.78, 5) is 20.6. The van der Waals surface area contributed by atoms with Gasteiger partial charge >= 0.3 is 0 Å². The number of benzene rings is 2. The number of nitrogens with zero attached hydrogens (tertiary/aromatic N) is 2. The summed E-state index contributed by atoms with van der Waals surface area (Å²) in [5, 5.41) is 6.47. The van der Waals surface area contributed by atoms with E-state index in [-0.39, 0.29) is 5.91 Å². The monoisotopic (exact) mass is 368 g/mol. The second kappa shape index (κ2) is 7.84. The topological polar surface area (TPSA) is 76.1 Å². The maximum atomic E-state index is 12.2. The number of hydrogen-bond acceptors (Lipinski definition) is 5. The Labute approximate surface area is 156 Å². The number of halogens is 1. The van der Waals surface area contributed by atoms with Crippen LogP contribution in [0.2, 0.25) is 5.02 Å². The number of amides is 1. The summed E-state index contributed by atoms with van der Waals surface area (Å²) in [7, 11) is 1.56. The number of methoxy groups -OCH3 is 1. The molecule has 2 N–H and O–H groups in total. The molecule has 6 nitrogen and oxygen atoms in total. The number of ether oxygens (including phenoxy) is 1. The summed E-state index contributed by atoms with van der Waals surface area (Å²) in [6.45, 7) is 1.89. The third kappa shape index (κ3) is 4.10. The van der Waals surface area contributed by atoms with Crippen LogP contribution in [-0.2, 0) is 0 Å². The molecule has 1 amide bonds. The van der Waals surface area contributed by atoms with E-state index in [2.05, 4.69) is 20.6 Å². The standard InChI is InChI=1S/C19H17ClN4O2/c1-12-8-16(17(26-2)9-15(12)20)24-19-21-10-13(11-22-19)18(25)23-14-6-4-3-5-7-14/h3-11H,1-2H3,(H,23,25)(H,21,22,24). The van der Waals surface area contributed by atoms with Crippen LogP contribution in [0.1, 0.15) is 15.9 Å². The van der Waals surface area contributed by atoms with Gasteiger partial charge in [-0.3, -0.25) is 4.79 Å². The second-order valence-electron chi connectivity index (χ2n) is 5.54. The highest BCUT2D eigenvalue weighted by Crippen LogP contribution is 2.32. The normalized spacial score (nSPS) is 10.3. The predicted octanol–water partition coefficient (Wildman–Crippen LogP) is 4.44. The van der Waals surface area contributed by atoms with Gasteiger partial charge in [-0.15, -0.1) is 0 Å². The predicted molar refractivity (Wildman–Crippen MR) is 102 cm³/mol. The van der Waals surface area contributed by atoms with Gasteiger partial charge < -0.3 is 15.4 Å². The molecule has 0 saturated heterocycles. The van der Waals surface area contributed by atoms with Crippen molar-refractivity contribution in [1.82, 2.24) is 9.97 Å². The average molecular weight is 369 g/mol. The number of para-hydroxylation sites is 1. The van der Waals surface area contributed by atoms with Crippen LogP contribution in [0.5, 0.6) is 5.75 Å². The number of aryl methyl sites for hydroxylation is 1. The van der Waals surface area contributed by atoms with E-state index in [1.807, 2.05) is 43.3 Å². The zero-order valence-corrected chi connectivity index (χ0v) is 15.0. The highest BCUT2D eigenvalue weighted by atomic mass is 35.5. The Hall–Kier alpha value is -3.12. The van der Waals surface area contributed by atoms with E-state index in [1.165, 1.54) is 12.4 Å². The minimum atomic E-state index is -0.275. The summed E-state index contributed by atoms with van der Waals surface area (Å²) in [5.74, 6) is 0.652. The Bertz CT molecular complexity index is 915. The maximum Gasteiger partial charge on any atom is 0.258 e. The van der Waals surface area contributed by atoms with Crippen LogP contribution in [0.3, 0.4) is 0 Å². The third-order valence-corrected chi connectivity index (χ3v) is 4.08. The lowest BCUT2D eigenvalue weighted by molar-refractivity contribution is 0.102. The minimum Gasteiger partial charge on any atom is -0.495 e. The van der Waals surface area contributed by atoms with Crippen molar-refractivity contribution in [3.05, 3.63) is 71.0 Å². The third-order valence-electron chi connectivity index (χ3n) is 3.67. The number of hydrogen-bond donors (Lipinski definition) is 2. The molecule has 0 spiro atoms. The molecule has 0 fully saturated rings. The van der Waals surface area contributed by atoms with Crippen molar-refractivity contribution in [2.24, 2.45) is 0 Å². The molecule has 132 valence electrons. The molecule has 0 aliphatic heterocycles. The first kappa shape index (κ1) is 17.7. The van der Waals surface area contributed by atoms with Gasteiger partial charge in [-0.2, -0.15) is 0 Å². The van der Waals surface area contributed by atoms with E-state index in [0.29, 0.717) is 33.7 Å². The summed E-state index contributed by atoms with van der Waals surface area (Å²) in [5.41, 5.74) is 2.66. The van der Waals surface area contributed by atoms with Crippen LogP contribution in [0.25, 0.3) is 0 Å². The lowest BCUT2D eigenvalue weighted by atomic mass is 10.2. The Balaban J connectivity index is 1.74. The van der Waals surface area contributed by atoms with E-state index in [4.69, 9.17) is 16.3 Å². The molecular weight excluding hydrogens is 352 g/mol. The highest BCUT2D eigenvalue weighted by molar-refractivity contribution is 6.31. The summed E-state index contributed by atoms with van der Waals surface area (Å²) in [6.07, 6.45) is 2.92. The van der Waals surface area contributed by atoms with Crippen LogP contribution >= 0.6 is 11.6 Å². The fourth-order valence-electron chi connectivity index (χ4n) is 2.28. The van der Waals surface area contributed by atoms with E-state index >= 15 is 0 Å². The highest BCUT2D eigenvalue weighted by Gasteiger charge is 2.11. The Kier molecular flexibility index (Phi) is 5.34. The van der Waals surface area contributed by atoms with Crippen molar-refractivity contribution in [2.75, 3.05) is 17.7 Å². The van der Waals surface area contributed by atoms with Crippen molar-refractivity contribution in [3.63, 3.8) is 0 Å². The Morgan fingerprint density at radius 1 is 1.12 bits per heavy atom. The molecule has 3 aromatic rings. The zero-order valence-electron chi connectivity index (χ0n) is 14.3. The first-order valence-electron chi connectivity index (χ1n) is 7.86. The van der Waals surface area contributed by atoms with E-state index in [1.54, 1.807) is 13.2 Å². The van der Waals surface area contributed by atoms with Crippen molar-refractivity contribution < 1.29 is 9.53 Å². The van der Waals surface area contributed by atoms with E-state index in [9.17, 15) is 4.79 Å². The van der Waals surface area contributed by atoms with Crippen molar-refractivity contribution >= 4 is 34.8 Å². The van der Waals surface area contributed by atoms with Gasteiger partial charge in [0.15, 0.2) is 0 Å². The van der Waals surface area contributed by atoms with Gasteiger partial charge in [0.05, 0.1) is 18.4 Å². The average Bonchev–Trinajstić information content (AvgIpc) is 2.66. The van der Waals surface area contributed by atoms with Gasteiger partial charge in [0.2, 0.25) is 5.95 Å².